The Morgan fingerprint density at radius 2 is 1.73 bits per heavy atom. The number of hydrazone groups is 1. The van der Waals surface area contributed by atoms with Gasteiger partial charge in [-0.3, -0.25) is 0 Å². The van der Waals surface area contributed by atoms with E-state index in [-0.39, 0.29) is 12.3 Å². The van der Waals surface area contributed by atoms with Crippen molar-refractivity contribution in [1.29, 1.82) is 0 Å². The topological polar surface area (TPSA) is 34.1 Å². The second kappa shape index (κ2) is 9.70. The van der Waals surface area contributed by atoms with Crippen LogP contribution in [0.25, 0.3) is 0 Å². The fraction of sp³-hybridized carbons (Fsp3) is 0.345. The molecular weight excluding hydrogens is 408 g/mol. The monoisotopic (exact) mass is 440 g/mol. The summed E-state index contributed by atoms with van der Waals surface area (Å²) in [7, 11) is 0. The lowest BCUT2D eigenvalue weighted by molar-refractivity contribution is -0.0190. The van der Waals surface area contributed by atoms with E-state index in [1.54, 1.807) is 0 Å². The quantitative estimate of drug-likeness (QED) is 0.347. The zero-order valence-electron chi connectivity index (χ0n) is 19.5. The Kier molecular flexibility index (Phi) is 6.34. The first kappa shape index (κ1) is 21.6. The average Bonchev–Trinajstić information content (AvgIpc) is 3.30. The van der Waals surface area contributed by atoms with Gasteiger partial charge < -0.3 is 9.47 Å². The Morgan fingerprint density at radius 1 is 0.939 bits per heavy atom. The van der Waals surface area contributed by atoms with E-state index in [9.17, 15) is 0 Å². The predicted octanol–water partition coefficient (Wildman–Crippen LogP) is 7.20. The number of aryl methyl sites for hydroxylation is 1. The highest BCUT2D eigenvalue weighted by Crippen LogP contribution is 2.47. The van der Waals surface area contributed by atoms with Gasteiger partial charge in [-0.05, 0) is 49.2 Å². The van der Waals surface area contributed by atoms with Gasteiger partial charge in [0.25, 0.3) is 0 Å². The second-order valence-electron chi connectivity index (χ2n) is 9.00. The van der Waals surface area contributed by atoms with Crippen molar-refractivity contribution in [2.75, 3.05) is 6.61 Å². The third-order valence-electron chi connectivity index (χ3n) is 6.52. The van der Waals surface area contributed by atoms with E-state index >= 15 is 0 Å². The smallest absolute Gasteiger partial charge is 0.213 e. The van der Waals surface area contributed by atoms with Crippen LogP contribution in [-0.4, -0.2) is 17.3 Å². The fourth-order valence-corrected chi connectivity index (χ4v) is 4.62. The molecule has 4 heteroatoms. The first-order chi connectivity index (χ1) is 16.2. The minimum atomic E-state index is -0.258. The molecule has 0 bridgehead atoms. The zero-order chi connectivity index (χ0) is 22.6. The molecule has 2 atom stereocenters. The van der Waals surface area contributed by atoms with Crippen LogP contribution in [0, 0.1) is 6.92 Å². The molecule has 0 saturated carbocycles. The first-order valence-electron chi connectivity index (χ1n) is 12.1. The van der Waals surface area contributed by atoms with Gasteiger partial charge in [-0.15, -0.1) is 0 Å². The molecule has 2 aliphatic heterocycles. The Hall–Kier alpha value is -3.27. The van der Waals surface area contributed by atoms with Crippen molar-refractivity contribution in [2.45, 2.75) is 58.2 Å². The van der Waals surface area contributed by atoms with Crippen LogP contribution < -0.4 is 9.47 Å². The molecule has 5 rings (SSSR count). The highest BCUT2D eigenvalue weighted by Gasteiger charge is 2.40. The summed E-state index contributed by atoms with van der Waals surface area (Å²) in [5.41, 5.74) is 5.83. The van der Waals surface area contributed by atoms with Gasteiger partial charge in [0, 0.05) is 17.5 Å². The van der Waals surface area contributed by atoms with Gasteiger partial charge in [-0.2, -0.15) is 5.10 Å². The van der Waals surface area contributed by atoms with Crippen molar-refractivity contribution in [3.05, 3.63) is 95.1 Å². The van der Waals surface area contributed by atoms with Crippen LogP contribution in [0.2, 0.25) is 0 Å². The summed E-state index contributed by atoms with van der Waals surface area (Å²) in [5, 5.41) is 7.20. The summed E-state index contributed by atoms with van der Waals surface area (Å²) in [4.78, 5) is 0. The third kappa shape index (κ3) is 4.61. The molecule has 0 fully saturated rings. The lowest BCUT2D eigenvalue weighted by Crippen LogP contribution is -2.33. The number of benzene rings is 3. The molecule has 2 aliphatic rings. The summed E-state index contributed by atoms with van der Waals surface area (Å²) in [6.45, 7) is 5.11. The normalized spacial score (nSPS) is 18.8. The molecule has 0 aliphatic carbocycles. The molecule has 170 valence electrons. The predicted molar refractivity (Wildman–Crippen MR) is 133 cm³/mol. The zero-order valence-corrected chi connectivity index (χ0v) is 19.5. The molecule has 2 heterocycles. The fourth-order valence-electron chi connectivity index (χ4n) is 4.62. The van der Waals surface area contributed by atoms with Gasteiger partial charge in [-0.1, -0.05) is 74.2 Å². The number of fused-ring (bicyclic) bond motifs is 3. The lowest BCUT2D eigenvalue weighted by atomic mass is 9.95. The minimum absolute atomic E-state index is 0.172. The molecular formula is C29H32N2O2. The molecule has 0 amide bonds. The molecule has 4 nitrogen and oxygen atoms in total. The number of hydrogen-bond acceptors (Lipinski definition) is 4. The highest BCUT2D eigenvalue weighted by atomic mass is 16.5. The largest absolute Gasteiger partial charge is 0.494 e. The highest BCUT2D eigenvalue weighted by molar-refractivity contribution is 6.02. The number of nitrogens with zero attached hydrogens (tertiary/aromatic N) is 2. The van der Waals surface area contributed by atoms with E-state index in [0.29, 0.717) is 0 Å². The van der Waals surface area contributed by atoms with Crippen molar-refractivity contribution in [1.82, 2.24) is 5.01 Å². The molecule has 3 aromatic carbocycles. The van der Waals surface area contributed by atoms with E-state index in [1.807, 2.05) is 6.07 Å². The van der Waals surface area contributed by atoms with E-state index in [1.165, 1.54) is 36.0 Å². The maximum Gasteiger partial charge on any atom is 0.213 e. The van der Waals surface area contributed by atoms with Crippen molar-refractivity contribution in [3.8, 4) is 11.5 Å². The molecule has 3 aromatic rings. The molecule has 0 N–H and O–H groups in total. The van der Waals surface area contributed by atoms with E-state index in [4.69, 9.17) is 14.6 Å². The summed E-state index contributed by atoms with van der Waals surface area (Å²) in [6, 6.07) is 25.5. The maximum atomic E-state index is 6.48. The number of para-hydroxylation sites is 1. The number of rotatable bonds is 8. The Balaban J connectivity index is 1.38. The Bertz CT molecular complexity index is 1110. The SMILES string of the molecule is CCCCCCOc1ccc([C@@H]2Oc3ccccc3[C@H]3CC(c4ccc(C)cc4)=NN32)cc1. The maximum absolute atomic E-state index is 6.48. The van der Waals surface area contributed by atoms with Crippen LogP contribution in [0.3, 0.4) is 0 Å². The Morgan fingerprint density at radius 3 is 2.52 bits per heavy atom. The van der Waals surface area contributed by atoms with Crippen LogP contribution in [0.1, 0.15) is 73.6 Å². The molecule has 0 radical (unpaired) electrons. The summed E-state index contributed by atoms with van der Waals surface area (Å²) < 4.78 is 12.4. The number of unbranched alkanes of at least 4 members (excludes halogenated alkanes) is 3. The van der Waals surface area contributed by atoms with E-state index in [2.05, 4.69) is 85.6 Å². The van der Waals surface area contributed by atoms with Crippen LogP contribution in [0.4, 0.5) is 0 Å². The van der Waals surface area contributed by atoms with Crippen molar-refractivity contribution >= 4 is 5.71 Å². The van der Waals surface area contributed by atoms with Gasteiger partial charge in [0.1, 0.15) is 11.5 Å². The van der Waals surface area contributed by atoms with Crippen molar-refractivity contribution in [2.24, 2.45) is 5.10 Å². The second-order valence-corrected chi connectivity index (χ2v) is 9.00. The van der Waals surface area contributed by atoms with Crippen molar-refractivity contribution in [3.63, 3.8) is 0 Å². The molecule has 0 unspecified atom stereocenters. The molecule has 0 spiro atoms. The molecule has 0 aromatic heterocycles. The minimum Gasteiger partial charge on any atom is -0.494 e. The number of hydrogen-bond donors (Lipinski definition) is 0. The van der Waals surface area contributed by atoms with Gasteiger partial charge >= 0.3 is 0 Å². The number of ether oxygens (including phenoxy) is 2. The average molecular weight is 441 g/mol. The summed E-state index contributed by atoms with van der Waals surface area (Å²) in [6.07, 6.45) is 5.45. The van der Waals surface area contributed by atoms with Crippen LogP contribution >= 0.6 is 0 Å². The van der Waals surface area contributed by atoms with Crippen LogP contribution in [0.5, 0.6) is 11.5 Å². The first-order valence-corrected chi connectivity index (χ1v) is 12.1. The van der Waals surface area contributed by atoms with Gasteiger partial charge in [0.05, 0.1) is 18.4 Å². The van der Waals surface area contributed by atoms with Crippen LogP contribution in [-0.2, 0) is 0 Å². The third-order valence-corrected chi connectivity index (χ3v) is 6.52. The molecule has 33 heavy (non-hydrogen) atoms. The summed E-state index contributed by atoms with van der Waals surface area (Å²) in [5.74, 6) is 1.86. The lowest BCUT2D eigenvalue weighted by Gasteiger charge is -2.38. The standard InChI is InChI=1S/C29H32N2O2/c1-3-4-5-8-19-32-24-17-15-23(16-18-24)29-31-27(25-9-6-7-10-28(25)33-29)20-26(30-31)22-13-11-21(2)12-14-22/h6-7,9-18,27,29H,3-5,8,19-20H2,1-2H3/t27-,29+/m1/s1. The van der Waals surface area contributed by atoms with E-state index < -0.39 is 0 Å². The van der Waals surface area contributed by atoms with Crippen molar-refractivity contribution < 1.29 is 9.47 Å². The summed E-state index contributed by atoms with van der Waals surface area (Å²) >= 11 is 0. The van der Waals surface area contributed by atoms with E-state index in [0.717, 1.165) is 42.2 Å². The van der Waals surface area contributed by atoms with Crippen LogP contribution in [0.15, 0.2) is 77.9 Å². The molecule has 0 saturated heterocycles. The van der Waals surface area contributed by atoms with Gasteiger partial charge in [0.2, 0.25) is 6.23 Å². The van der Waals surface area contributed by atoms with Gasteiger partial charge in [-0.25, -0.2) is 5.01 Å². The van der Waals surface area contributed by atoms with Gasteiger partial charge in [0.15, 0.2) is 0 Å². The Labute approximate surface area is 196 Å².